The van der Waals surface area contributed by atoms with Crippen molar-refractivity contribution in [1.29, 1.82) is 0 Å². The highest BCUT2D eigenvalue weighted by atomic mass is 16.4. The summed E-state index contributed by atoms with van der Waals surface area (Å²) in [4.78, 5) is 10.2. The molecule has 2 N–H and O–H groups in total. The van der Waals surface area contributed by atoms with E-state index in [1.807, 2.05) is 0 Å². The van der Waals surface area contributed by atoms with Crippen LogP contribution in [0.25, 0.3) is 0 Å². The van der Waals surface area contributed by atoms with E-state index in [0.717, 1.165) is 5.92 Å². The molecule has 1 atom stereocenters. The summed E-state index contributed by atoms with van der Waals surface area (Å²) >= 11 is 0. The second kappa shape index (κ2) is 5.22. The molecule has 0 aromatic heterocycles. The molecular formula is C10H19NO2. The Morgan fingerprint density at radius 3 is 2.77 bits per heavy atom. The van der Waals surface area contributed by atoms with Crippen molar-refractivity contribution in [1.82, 2.24) is 5.32 Å². The summed E-state index contributed by atoms with van der Waals surface area (Å²) in [5.41, 5.74) is 0. The predicted octanol–water partition coefficient (Wildman–Crippen LogP) is 1.63. The molecule has 0 radical (unpaired) electrons. The molecule has 1 rings (SSSR count). The summed E-state index contributed by atoms with van der Waals surface area (Å²) in [6.45, 7) is 2.74. The molecule has 0 bridgehead atoms. The van der Waals surface area contributed by atoms with E-state index in [0.29, 0.717) is 12.6 Å². The first-order valence-electron chi connectivity index (χ1n) is 5.13. The van der Waals surface area contributed by atoms with E-state index in [9.17, 15) is 4.79 Å². The lowest BCUT2D eigenvalue weighted by Crippen LogP contribution is -2.31. The van der Waals surface area contributed by atoms with E-state index in [-0.39, 0.29) is 6.42 Å². The Labute approximate surface area is 79.5 Å². The molecule has 1 fully saturated rings. The molecule has 1 aliphatic rings. The minimum atomic E-state index is -0.719. The van der Waals surface area contributed by atoms with Gasteiger partial charge in [-0.15, -0.1) is 0 Å². The van der Waals surface area contributed by atoms with Crippen LogP contribution in [0.3, 0.4) is 0 Å². The van der Waals surface area contributed by atoms with Crippen LogP contribution in [0.4, 0.5) is 0 Å². The van der Waals surface area contributed by atoms with E-state index in [2.05, 4.69) is 12.2 Å². The first kappa shape index (κ1) is 10.5. The molecule has 0 aliphatic heterocycles. The van der Waals surface area contributed by atoms with Crippen molar-refractivity contribution < 1.29 is 9.90 Å². The van der Waals surface area contributed by atoms with Crippen molar-refractivity contribution in [2.75, 3.05) is 6.54 Å². The van der Waals surface area contributed by atoms with Crippen LogP contribution in [-0.2, 0) is 4.79 Å². The molecule has 1 saturated carbocycles. The molecule has 0 amide bonds. The second-order valence-corrected chi connectivity index (χ2v) is 4.03. The summed E-state index contributed by atoms with van der Waals surface area (Å²) in [5.74, 6) is 0.177. The van der Waals surface area contributed by atoms with Gasteiger partial charge in [-0.1, -0.05) is 19.3 Å². The molecule has 1 aliphatic carbocycles. The summed E-state index contributed by atoms with van der Waals surface area (Å²) in [6, 6.07) is 0.477. The van der Waals surface area contributed by atoms with Gasteiger partial charge in [-0.05, 0) is 19.3 Å². The molecule has 3 nitrogen and oxygen atoms in total. The number of carboxylic acids is 1. The first-order valence-corrected chi connectivity index (χ1v) is 5.13. The summed E-state index contributed by atoms with van der Waals surface area (Å²) in [5, 5.41) is 11.7. The van der Waals surface area contributed by atoms with Gasteiger partial charge in [0, 0.05) is 12.6 Å². The Balaban J connectivity index is 1.96. The lowest BCUT2D eigenvalue weighted by molar-refractivity contribution is -0.136. The third-order valence-electron chi connectivity index (χ3n) is 2.74. The first-order chi connectivity index (χ1) is 6.18. The van der Waals surface area contributed by atoms with Gasteiger partial charge in [-0.2, -0.15) is 0 Å². The van der Waals surface area contributed by atoms with Crippen LogP contribution in [0.15, 0.2) is 0 Å². The van der Waals surface area contributed by atoms with Gasteiger partial charge in [0.25, 0.3) is 0 Å². The zero-order valence-corrected chi connectivity index (χ0v) is 8.25. The minimum absolute atomic E-state index is 0.231. The van der Waals surface area contributed by atoms with Crippen molar-refractivity contribution in [3.05, 3.63) is 0 Å². The molecule has 0 heterocycles. The van der Waals surface area contributed by atoms with Gasteiger partial charge in [-0.3, -0.25) is 4.79 Å². The molecule has 13 heavy (non-hydrogen) atoms. The van der Waals surface area contributed by atoms with Gasteiger partial charge in [-0.25, -0.2) is 0 Å². The lowest BCUT2D eigenvalue weighted by Gasteiger charge is -2.28. The van der Waals surface area contributed by atoms with Crippen LogP contribution in [0, 0.1) is 5.92 Å². The zero-order chi connectivity index (χ0) is 9.68. The monoisotopic (exact) mass is 185 g/mol. The smallest absolute Gasteiger partial charge is 0.304 e. The Morgan fingerprint density at radius 1 is 1.62 bits per heavy atom. The van der Waals surface area contributed by atoms with E-state index < -0.39 is 5.97 Å². The van der Waals surface area contributed by atoms with Crippen molar-refractivity contribution >= 4 is 5.97 Å². The largest absolute Gasteiger partial charge is 0.481 e. The Morgan fingerprint density at radius 2 is 2.31 bits per heavy atom. The molecule has 0 aromatic rings. The molecule has 0 saturated heterocycles. The van der Waals surface area contributed by atoms with E-state index in [1.54, 1.807) is 0 Å². The fraction of sp³-hybridized carbons (Fsp3) is 0.900. The average molecular weight is 185 g/mol. The highest BCUT2D eigenvalue weighted by Crippen LogP contribution is 2.30. The van der Waals surface area contributed by atoms with Crippen LogP contribution >= 0.6 is 0 Å². The molecule has 3 heteroatoms. The van der Waals surface area contributed by atoms with Crippen LogP contribution < -0.4 is 5.32 Å². The molecule has 1 unspecified atom stereocenters. The normalized spacial score (nSPS) is 19.5. The summed E-state index contributed by atoms with van der Waals surface area (Å²) < 4.78 is 0. The Bertz CT molecular complexity index is 166. The van der Waals surface area contributed by atoms with E-state index >= 15 is 0 Å². The summed E-state index contributed by atoms with van der Waals surface area (Å²) in [7, 11) is 0. The standard InChI is InChI=1S/C10H19NO2/c1-8(7-9-3-2-4-9)11-6-5-10(12)13/h8-9,11H,2-7H2,1H3,(H,12,13). The second-order valence-electron chi connectivity index (χ2n) is 4.03. The fourth-order valence-electron chi connectivity index (χ4n) is 1.74. The van der Waals surface area contributed by atoms with Crippen LogP contribution in [0.2, 0.25) is 0 Å². The van der Waals surface area contributed by atoms with Gasteiger partial charge in [0.1, 0.15) is 0 Å². The summed E-state index contributed by atoms with van der Waals surface area (Å²) in [6.07, 6.45) is 5.55. The van der Waals surface area contributed by atoms with E-state index in [1.165, 1.54) is 25.7 Å². The van der Waals surface area contributed by atoms with E-state index in [4.69, 9.17) is 5.11 Å². The van der Waals surface area contributed by atoms with Gasteiger partial charge in [0.15, 0.2) is 0 Å². The number of hydrogen-bond donors (Lipinski definition) is 2. The maximum atomic E-state index is 10.2. The Hall–Kier alpha value is -0.570. The number of hydrogen-bond acceptors (Lipinski definition) is 2. The quantitative estimate of drug-likeness (QED) is 0.661. The van der Waals surface area contributed by atoms with Gasteiger partial charge in [0.2, 0.25) is 0 Å². The number of nitrogens with one attached hydrogen (secondary N) is 1. The minimum Gasteiger partial charge on any atom is -0.481 e. The topological polar surface area (TPSA) is 49.3 Å². The number of rotatable bonds is 6. The lowest BCUT2D eigenvalue weighted by atomic mass is 9.81. The average Bonchev–Trinajstić information content (AvgIpc) is 1.96. The van der Waals surface area contributed by atoms with Crippen molar-refractivity contribution in [3.63, 3.8) is 0 Å². The predicted molar refractivity (Wildman–Crippen MR) is 51.7 cm³/mol. The third-order valence-corrected chi connectivity index (χ3v) is 2.74. The van der Waals surface area contributed by atoms with Crippen molar-refractivity contribution in [2.45, 2.75) is 45.1 Å². The number of carboxylic acid groups (broad SMARTS) is 1. The number of aliphatic carboxylic acids is 1. The highest BCUT2D eigenvalue weighted by Gasteiger charge is 2.19. The van der Waals surface area contributed by atoms with Gasteiger partial charge in [0.05, 0.1) is 6.42 Å². The van der Waals surface area contributed by atoms with Crippen LogP contribution in [-0.4, -0.2) is 23.7 Å². The zero-order valence-electron chi connectivity index (χ0n) is 8.25. The van der Waals surface area contributed by atoms with Crippen molar-refractivity contribution in [2.24, 2.45) is 5.92 Å². The Kier molecular flexibility index (Phi) is 4.22. The molecule has 76 valence electrons. The van der Waals surface area contributed by atoms with Crippen molar-refractivity contribution in [3.8, 4) is 0 Å². The van der Waals surface area contributed by atoms with Gasteiger partial charge < -0.3 is 10.4 Å². The fourth-order valence-corrected chi connectivity index (χ4v) is 1.74. The van der Waals surface area contributed by atoms with Crippen LogP contribution in [0.5, 0.6) is 0 Å². The maximum Gasteiger partial charge on any atom is 0.304 e. The SMILES string of the molecule is CC(CC1CCC1)NCCC(=O)O. The highest BCUT2D eigenvalue weighted by molar-refractivity contribution is 5.66. The molecule has 0 spiro atoms. The maximum absolute atomic E-state index is 10.2. The van der Waals surface area contributed by atoms with Gasteiger partial charge >= 0.3 is 5.97 Å². The number of carbonyl (C=O) groups is 1. The molecular weight excluding hydrogens is 166 g/mol. The van der Waals surface area contributed by atoms with Crippen LogP contribution in [0.1, 0.15) is 39.0 Å². The third kappa shape index (κ3) is 4.27. The molecule has 0 aromatic carbocycles.